The zero-order valence-electron chi connectivity index (χ0n) is 13.8. The molecule has 0 unspecified atom stereocenters. The Bertz CT molecular complexity index is 200. The van der Waals surface area contributed by atoms with Crippen molar-refractivity contribution in [2.75, 3.05) is 6.54 Å². The van der Waals surface area contributed by atoms with E-state index in [1.807, 2.05) is 12.2 Å². The van der Waals surface area contributed by atoms with Crippen LogP contribution >= 0.6 is 0 Å². The van der Waals surface area contributed by atoms with Crippen molar-refractivity contribution < 1.29 is 0 Å². The molecule has 0 saturated heterocycles. The molecule has 1 N–H and O–H groups in total. The molecule has 0 aliphatic rings. The third kappa shape index (κ3) is 13.9. The fourth-order valence-electron chi connectivity index (χ4n) is 2.58. The summed E-state index contributed by atoms with van der Waals surface area (Å²) in [5.74, 6) is 0. The first-order chi connectivity index (χ1) is 9.85. The van der Waals surface area contributed by atoms with Crippen LogP contribution in [0.2, 0.25) is 0 Å². The fraction of sp³-hybridized carbons (Fsp3) is 0.789. The SMILES string of the molecule is C=CCC(CC=C)NCCCCCCCCCCCC. The van der Waals surface area contributed by atoms with Gasteiger partial charge < -0.3 is 5.32 Å². The summed E-state index contributed by atoms with van der Waals surface area (Å²) in [6, 6.07) is 0.545. The van der Waals surface area contributed by atoms with Gasteiger partial charge >= 0.3 is 0 Å². The Morgan fingerprint density at radius 2 is 1.20 bits per heavy atom. The topological polar surface area (TPSA) is 12.0 Å². The fourth-order valence-corrected chi connectivity index (χ4v) is 2.58. The van der Waals surface area contributed by atoms with E-state index in [1.54, 1.807) is 0 Å². The highest BCUT2D eigenvalue weighted by molar-refractivity contribution is 4.83. The van der Waals surface area contributed by atoms with E-state index in [4.69, 9.17) is 0 Å². The maximum Gasteiger partial charge on any atom is 0.0136 e. The Labute approximate surface area is 127 Å². The van der Waals surface area contributed by atoms with Crippen molar-refractivity contribution in [3.63, 3.8) is 0 Å². The first-order valence-corrected chi connectivity index (χ1v) is 8.80. The summed E-state index contributed by atoms with van der Waals surface area (Å²) in [6.07, 6.45) is 20.1. The molecule has 118 valence electrons. The number of rotatable bonds is 16. The molecule has 0 radical (unpaired) electrons. The lowest BCUT2D eigenvalue weighted by atomic mass is 10.1. The summed E-state index contributed by atoms with van der Waals surface area (Å²) in [4.78, 5) is 0. The average molecular weight is 280 g/mol. The van der Waals surface area contributed by atoms with Crippen LogP contribution in [0.5, 0.6) is 0 Å². The number of nitrogens with one attached hydrogen (secondary N) is 1. The molecule has 1 nitrogen and oxygen atoms in total. The molecule has 0 atom stereocenters. The van der Waals surface area contributed by atoms with E-state index in [-0.39, 0.29) is 0 Å². The Balaban J connectivity index is 3.22. The van der Waals surface area contributed by atoms with Crippen molar-refractivity contribution >= 4 is 0 Å². The molecule has 0 saturated carbocycles. The number of hydrogen-bond acceptors (Lipinski definition) is 1. The van der Waals surface area contributed by atoms with E-state index in [2.05, 4.69) is 25.4 Å². The van der Waals surface area contributed by atoms with E-state index >= 15 is 0 Å². The van der Waals surface area contributed by atoms with Crippen LogP contribution in [0.3, 0.4) is 0 Å². The number of hydrogen-bond donors (Lipinski definition) is 1. The van der Waals surface area contributed by atoms with Gasteiger partial charge in [0.15, 0.2) is 0 Å². The van der Waals surface area contributed by atoms with Gasteiger partial charge in [-0.3, -0.25) is 0 Å². The molecule has 0 rings (SSSR count). The van der Waals surface area contributed by atoms with Gasteiger partial charge in [0.05, 0.1) is 0 Å². The van der Waals surface area contributed by atoms with Gasteiger partial charge in [-0.1, -0.05) is 76.9 Å². The van der Waals surface area contributed by atoms with Crippen LogP contribution in [-0.4, -0.2) is 12.6 Å². The predicted molar refractivity (Wildman–Crippen MR) is 93.3 cm³/mol. The highest BCUT2D eigenvalue weighted by atomic mass is 14.9. The normalized spacial score (nSPS) is 10.9. The number of unbranched alkanes of at least 4 members (excludes halogenated alkanes) is 9. The Morgan fingerprint density at radius 3 is 1.65 bits per heavy atom. The van der Waals surface area contributed by atoms with Gasteiger partial charge in [0.1, 0.15) is 0 Å². The third-order valence-electron chi connectivity index (χ3n) is 3.87. The maximum absolute atomic E-state index is 3.81. The van der Waals surface area contributed by atoms with Crippen LogP contribution in [0.4, 0.5) is 0 Å². The summed E-state index contributed by atoms with van der Waals surface area (Å²) in [5, 5.41) is 3.60. The average Bonchev–Trinajstić information content (AvgIpc) is 2.45. The molecule has 0 fully saturated rings. The van der Waals surface area contributed by atoms with Gasteiger partial charge in [0.2, 0.25) is 0 Å². The van der Waals surface area contributed by atoms with Crippen LogP contribution in [-0.2, 0) is 0 Å². The van der Waals surface area contributed by atoms with Crippen molar-refractivity contribution in [1.82, 2.24) is 5.32 Å². The van der Waals surface area contributed by atoms with Gasteiger partial charge in [-0.15, -0.1) is 13.2 Å². The van der Waals surface area contributed by atoms with Gasteiger partial charge in [-0.25, -0.2) is 0 Å². The minimum Gasteiger partial charge on any atom is -0.313 e. The Morgan fingerprint density at radius 1 is 0.750 bits per heavy atom. The van der Waals surface area contributed by atoms with Gasteiger partial charge in [0, 0.05) is 6.04 Å². The molecule has 0 amide bonds. The molecular formula is C19H37N. The van der Waals surface area contributed by atoms with Crippen LogP contribution < -0.4 is 5.32 Å². The van der Waals surface area contributed by atoms with E-state index in [0.717, 1.165) is 19.4 Å². The summed E-state index contributed by atoms with van der Waals surface area (Å²) in [7, 11) is 0. The molecule has 0 aromatic carbocycles. The Kier molecular flexibility index (Phi) is 16.0. The lowest BCUT2D eigenvalue weighted by Crippen LogP contribution is -2.28. The summed E-state index contributed by atoms with van der Waals surface area (Å²) in [6.45, 7) is 11.0. The van der Waals surface area contributed by atoms with Crippen LogP contribution in [0.25, 0.3) is 0 Å². The van der Waals surface area contributed by atoms with Crippen molar-refractivity contribution in [3.8, 4) is 0 Å². The molecule has 0 spiro atoms. The zero-order chi connectivity index (χ0) is 14.9. The Hall–Kier alpha value is -0.560. The van der Waals surface area contributed by atoms with Crippen molar-refractivity contribution in [3.05, 3.63) is 25.3 Å². The largest absolute Gasteiger partial charge is 0.313 e. The van der Waals surface area contributed by atoms with Crippen molar-refractivity contribution in [1.29, 1.82) is 0 Å². The van der Waals surface area contributed by atoms with E-state index in [0.29, 0.717) is 6.04 Å². The van der Waals surface area contributed by atoms with Gasteiger partial charge in [-0.05, 0) is 25.8 Å². The van der Waals surface area contributed by atoms with Crippen molar-refractivity contribution in [2.45, 2.75) is 90.0 Å². The van der Waals surface area contributed by atoms with Crippen LogP contribution in [0, 0.1) is 0 Å². The maximum atomic E-state index is 3.81. The predicted octanol–water partition coefficient (Wildman–Crippen LogP) is 6.02. The first-order valence-electron chi connectivity index (χ1n) is 8.80. The van der Waals surface area contributed by atoms with Crippen LogP contribution in [0.15, 0.2) is 25.3 Å². The lowest BCUT2D eigenvalue weighted by molar-refractivity contribution is 0.491. The minimum atomic E-state index is 0.545. The molecular weight excluding hydrogens is 242 g/mol. The lowest BCUT2D eigenvalue weighted by Gasteiger charge is -2.15. The molecule has 0 bridgehead atoms. The highest BCUT2D eigenvalue weighted by Gasteiger charge is 2.02. The molecule has 0 aliphatic heterocycles. The molecule has 0 aliphatic carbocycles. The molecule has 1 heteroatoms. The molecule has 0 aromatic rings. The summed E-state index contributed by atoms with van der Waals surface area (Å²) in [5.41, 5.74) is 0. The van der Waals surface area contributed by atoms with Gasteiger partial charge in [0.25, 0.3) is 0 Å². The standard InChI is InChI=1S/C19H37N/c1-4-7-8-9-10-11-12-13-14-15-18-20-19(16-5-2)17-6-3/h5-6,19-20H,2-4,7-18H2,1H3. The molecule has 0 aromatic heterocycles. The quantitative estimate of drug-likeness (QED) is 0.269. The summed E-state index contributed by atoms with van der Waals surface area (Å²) < 4.78 is 0. The molecule has 0 heterocycles. The third-order valence-corrected chi connectivity index (χ3v) is 3.87. The van der Waals surface area contributed by atoms with E-state index < -0.39 is 0 Å². The van der Waals surface area contributed by atoms with E-state index in [1.165, 1.54) is 64.2 Å². The smallest absolute Gasteiger partial charge is 0.0136 e. The zero-order valence-corrected chi connectivity index (χ0v) is 13.8. The minimum absolute atomic E-state index is 0.545. The van der Waals surface area contributed by atoms with Crippen LogP contribution in [0.1, 0.15) is 84.0 Å². The second kappa shape index (κ2) is 16.5. The highest BCUT2D eigenvalue weighted by Crippen LogP contribution is 2.10. The van der Waals surface area contributed by atoms with E-state index in [9.17, 15) is 0 Å². The van der Waals surface area contributed by atoms with Crippen molar-refractivity contribution in [2.24, 2.45) is 0 Å². The monoisotopic (exact) mass is 279 g/mol. The summed E-state index contributed by atoms with van der Waals surface area (Å²) >= 11 is 0. The first kappa shape index (κ1) is 19.4. The second-order valence-electron chi connectivity index (χ2n) is 5.88. The second-order valence-corrected chi connectivity index (χ2v) is 5.88. The van der Waals surface area contributed by atoms with Gasteiger partial charge in [-0.2, -0.15) is 0 Å². The molecule has 20 heavy (non-hydrogen) atoms.